The summed E-state index contributed by atoms with van der Waals surface area (Å²) in [5.74, 6) is 1.26. The lowest BCUT2D eigenvalue weighted by Crippen LogP contribution is -2.00. The summed E-state index contributed by atoms with van der Waals surface area (Å²) in [4.78, 5) is 8.11. The Kier molecular flexibility index (Phi) is 2.14. The SMILES string of the molecule is COc1ncccc1-n1cnc(C)n1. The molecule has 0 amide bonds. The van der Waals surface area contributed by atoms with E-state index in [1.807, 2.05) is 19.1 Å². The molecule has 0 aliphatic heterocycles. The molecule has 5 heteroatoms. The van der Waals surface area contributed by atoms with Crippen LogP contribution < -0.4 is 4.74 Å². The molecule has 0 radical (unpaired) electrons. The monoisotopic (exact) mass is 190 g/mol. The van der Waals surface area contributed by atoms with Gasteiger partial charge in [-0.15, -0.1) is 0 Å². The molecule has 0 N–H and O–H groups in total. The fourth-order valence-corrected chi connectivity index (χ4v) is 1.18. The molecule has 0 bridgehead atoms. The molecule has 2 heterocycles. The normalized spacial score (nSPS) is 10.1. The van der Waals surface area contributed by atoms with Gasteiger partial charge in [0, 0.05) is 6.20 Å². The van der Waals surface area contributed by atoms with Crippen molar-refractivity contribution in [1.82, 2.24) is 19.7 Å². The second-order valence-electron chi connectivity index (χ2n) is 2.77. The number of hydrogen-bond donors (Lipinski definition) is 0. The van der Waals surface area contributed by atoms with Crippen molar-refractivity contribution in [2.24, 2.45) is 0 Å². The molecule has 0 aromatic carbocycles. The van der Waals surface area contributed by atoms with E-state index in [-0.39, 0.29) is 0 Å². The predicted molar refractivity (Wildman–Crippen MR) is 50.4 cm³/mol. The Morgan fingerprint density at radius 2 is 2.21 bits per heavy atom. The molecule has 0 aliphatic carbocycles. The second-order valence-corrected chi connectivity index (χ2v) is 2.77. The number of methoxy groups -OCH3 is 1. The first-order valence-electron chi connectivity index (χ1n) is 4.19. The molecule has 5 nitrogen and oxygen atoms in total. The molecular weight excluding hydrogens is 180 g/mol. The summed E-state index contributed by atoms with van der Waals surface area (Å²) in [5, 5.41) is 4.18. The summed E-state index contributed by atoms with van der Waals surface area (Å²) in [6.07, 6.45) is 3.31. The molecular formula is C9H10N4O. The first-order valence-corrected chi connectivity index (χ1v) is 4.19. The van der Waals surface area contributed by atoms with Crippen LogP contribution in [0.3, 0.4) is 0 Å². The summed E-state index contributed by atoms with van der Waals surface area (Å²) in [6, 6.07) is 3.70. The van der Waals surface area contributed by atoms with Crippen LogP contribution in [0.15, 0.2) is 24.7 Å². The van der Waals surface area contributed by atoms with E-state index in [4.69, 9.17) is 4.74 Å². The average Bonchev–Trinajstić information content (AvgIpc) is 2.65. The van der Waals surface area contributed by atoms with Gasteiger partial charge >= 0.3 is 0 Å². The fraction of sp³-hybridized carbons (Fsp3) is 0.222. The van der Waals surface area contributed by atoms with Gasteiger partial charge in [0.25, 0.3) is 0 Å². The summed E-state index contributed by atoms with van der Waals surface area (Å²) in [7, 11) is 1.58. The van der Waals surface area contributed by atoms with Crippen LogP contribution in [0.25, 0.3) is 5.69 Å². The van der Waals surface area contributed by atoms with Crippen molar-refractivity contribution in [2.45, 2.75) is 6.92 Å². The minimum Gasteiger partial charge on any atom is -0.479 e. The van der Waals surface area contributed by atoms with Gasteiger partial charge in [-0.3, -0.25) is 0 Å². The molecule has 0 fully saturated rings. The van der Waals surface area contributed by atoms with Crippen molar-refractivity contribution in [3.63, 3.8) is 0 Å². The van der Waals surface area contributed by atoms with Gasteiger partial charge in [0.1, 0.15) is 17.8 Å². The molecule has 2 rings (SSSR count). The van der Waals surface area contributed by atoms with E-state index in [0.717, 1.165) is 11.5 Å². The summed E-state index contributed by atoms with van der Waals surface area (Å²) < 4.78 is 6.75. The van der Waals surface area contributed by atoms with Crippen LogP contribution in [-0.2, 0) is 0 Å². The Labute approximate surface area is 81.4 Å². The second kappa shape index (κ2) is 3.45. The van der Waals surface area contributed by atoms with Gasteiger partial charge in [0.15, 0.2) is 0 Å². The predicted octanol–water partition coefficient (Wildman–Crippen LogP) is 0.979. The maximum atomic E-state index is 5.11. The van der Waals surface area contributed by atoms with Gasteiger partial charge in [-0.05, 0) is 19.1 Å². The number of pyridine rings is 1. The van der Waals surface area contributed by atoms with Gasteiger partial charge in [-0.1, -0.05) is 0 Å². The molecule has 0 saturated carbocycles. The van der Waals surface area contributed by atoms with Crippen LogP contribution in [0.1, 0.15) is 5.82 Å². The van der Waals surface area contributed by atoms with Crippen LogP contribution in [0.4, 0.5) is 0 Å². The van der Waals surface area contributed by atoms with Crippen LogP contribution in [0, 0.1) is 6.92 Å². The van der Waals surface area contributed by atoms with Crippen LogP contribution >= 0.6 is 0 Å². The van der Waals surface area contributed by atoms with E-state index in [1.54, 1.807) is 24.3 Å². The number of aryl methyl sites for hydroxylation is 1. The number of aromatic nitrogens is 4. The number of hydrogen-bond acceptors (Lipinski definition) is 4. The zero-order valence-corrected chi connectivity index (χ0v) is 8.01. The standard InChI is InChI=1S/C9H10N4O/c1-7-11-6-13(12-7)8-4-3-5-10-9(8)14-2/h3-6H,1-2H3. The first kappa shape index (κ1) is 8.68. The minimum atomic E-state index is 0.539. The highest BCUT2D eigenvalue weighted by Crippen LogP contribution is 2.17. The van der Waals surface area contributed by atoms with Crippen LogP contribution in [-0.4, -0.2) is 26.9 Å². The average molecular weight is 190 g/mol. The maximum Gasteiger partial charge on any atom is 0.239 e. The highest BCUT2D eigenvalue weighted by molar-refractivity contribution is 5.39. The molecule has 2 aromatic heterocycles. The maximum absolute atomic E-state index is 5.11. The third-order valence-corrected chi connectivity index (χ3v) is 1.80. The van der Waals surface area contributed by atoms with E-state index in [0.29, 0.717) is 5.88 Å². The van der Waals surface area contributed by atoms with Crippen molar-refractivity contribution in [2.75, 3.05) is 7.11 Å². The Morgan fingerprint density at radius 3 is 2.86 bits per heavy atom. The molecule has 0 spiro atoms. The Hall–Kier alpha value is -1.91. The Bertz CT molecular complexity index is 438. The van der Waals surface area contributed by atoms with Crippen molar-refractivity contribution in [1.29, 1.82) is 0 Å². The Morgan fingerprint density at radius 1 is 1.36 bits per heavy atom. The fourth-order valence-electron chi connectivity index (χ4n) is 1.18. The van der Waals surface area contributed by atoms with E-state index in [9.17, 15) is 0 Å². The molecule has 0 atom stereocenters. The van der Waals surface area contributed by atoms with Gasteiger partial charge in [-0.25, -0.2) is 14.6 Å². The minimum absolute atomic E-state index is 0.539. The van der Waals surface area contributed by atoms with Crippen molar-refractivity contribution in [3.05, 3.63) is 30.5 Å². The van der Waals surface area contributed by atoms with E-state index >= 15 is 0 Å². The highest BCUT2D eigenvalue weighted by Gasteiger charge is 2.06. The largest absolute Gasteiger partial charge is 0.479 e. The lowest BCUT2D eigenvalue weighted by atomic mass is 10.4. The summed E-state index contributed by atoms with van der Waals surface area (Å²) in [6.45, 7) is 1.83. The van der Waals surface area contributed by atoms with Crippen molar-refractivity contribution >= 4 is 0 Å². The third-order valence-electron chi connectivity index (χ3n) is 1.80. The quantitative estimate of drug-likeness (QED) is 0.708. The summed E-state index contributed by atoms with van der Waals surface area (Å²) >= 11 is 0. The van der Waals surface area contributed by atoms with E-state index in [1.165, 1.54) is 0 Å². The van der Waals surface area contributed by atoms with E-state index < -0.39 is 0 Å². The third kappa shape index (κ3) is 1.44. The van der Waals surface area contributed by atoms with Crippen LogP contribution in [0.2, 0.25) is 0 Å². The van der Waals surface area contributed by atoms with E-state index in [2.05, 4.69) is 15.1 Å². The lowest BCUT2D eigenvalue weighted by Gasteiger charge is -2.04. The topological polar surface area (TPSA) is 52.8 Å². The van der Waals surface area contributed by atoms with Gasteiger partial charge in [0.2, 0.25) is 5.88 Å². The van der Waals surface area contributed by atoms with Gasteiger partial charge < -0.3 is 4.74 Å². The zero-order valence-electron chi connectivity index (χ0n) is 8.01. The molecule has 0 aliphatic rings. The highest BCUT2D eigenvalue weighted by atomic mass is 16.5. The van der Waals surface area contributed by atoms with Gasteiger partial charge in [-0.2, -0.15) is 5.10 Å². The lowest BCUT2D eigenvalue weighted by molar-refractivity contribution is 0.394. The Balaban J connectivity index is 2.50. The first-order chi connectivity index (χ1) is 6.81. The molecule has 72 valence electrons. The zero-order chi connectivity index (χ0) is 9.97. The molecule has 0 saturated heterocycles. The molecule has 14 heavy (non-hydrogen) atoms. The smallest absolute Gasteiger partial charge is 0.239 e. The molecule has 2 aromatic rings. The molecule has 0 unspecified atom stereocenters. The number of nitrogens with zero attached hydrogens (tertiary/aromatic N) is 4. The van der Waals surface area contributed by atoms with Crippen molar-refractivity contribution < 1.29 is 4.74 Å². The van der Waals surface area contributed by atoms with Gasteiger partial charge in [0.05, 0.1) is 7.11 Å². The number of rotatable bonds is 2. The van der Waals surface area contributed by atoms with Crippen LogP contribution in [0.5, 0.6) is 5.88 Å². The number of ether oxygens (including phenoxy) is 1. The van der Waals surface area contributed by atoms with Crippen molar-refractivity contribution in [3.8, 4) is 11.6 Å². The summed E-state index contributed by atoms with van der Waals surface area (Å²) in [5.41, 5.74) is 0.788.